The first kappa shape index (κ1) is 21.1. The molecule has 1 aromatic carbocycles. The SMILES string of the molecule is CC(C)CCCC(C)NC(N)=NCC(=O)N1CCN(c2ccccc2)CC1. The van der Waals surface area contributed by atoms with Crippen molar-refractivity contribution in [1.82, 2.24) is 10.2 Å². The first-order valence-corrected chi connectivity index (χ1v) is 10.1. The lowest BCUT2D eigenvalue weighted by atomic mass is 10.0. The Morgan fingerprint density at radius 3 is 2.41 bits per heavy atom. The molecule has 0 bridgehead atoms. The Morgan fingerprint density at radius 2 is 1.78 bits per heavy atom. The van der Waals surface area contributed by atoms with Crippen molar-refractivity contribution in [3.8, 4) is 0 Å². The number of para-hydroxylation sites is 1. The Kier molecular flexibility index (Phi) is 8.43. The third kappa shape index (κ3) is 7.49. The average Bonchev–Trinajstić information content (AvgIpc) is 2.66. The summed E-state index contributed by atoms with van der Waals surface area (Å²) >= 11 is 0. The summed E-state index contributed by atoms with van der Waals surface area (Å²) in [6, 6.07) is 10.6. The summed E-state index contributed by atoms with van der Waals surface area (Å²) in [6.45, 7) is 9.83. The van der Waals surface area contributed by atoms with Gasteiger partial charge < -0.3 is 20.9 Å². The monoisotopic (exact) mass is 373 g/mol. The molecule has 1 saturated heterocycles. The lowest BCUT2D eigenvalue weighted by Gasteiger charge is -2.36. The zero-order valence-electron chi connectivity index (χ0n) is 17.0. The van der Waals surface area contributed by atoms with Gasteiger partial charge in [0.05, 0.1) is 0 Å². The van der Waals surface area contributed by atoms with Crippen molar-refractivity contribution >= 4 is 17.6 Å². The fourth-order valence-corrected chi connectivity index (χ4v) is 3.31. The molecule has 0 aromatic heterocycles. The maximum atomic E-state index is 12.4. The Balaban J connectivity index is 1.70. The Labute approximate surface area is 163 Å². The van der Waals surface area contributed by atoms with Gasteiger partial charge in [-0.2, -0.15) is 0 Å². The van der Waals surface area contributed by atoms with Crippen molar-refractivity contribution in [3.63, 3.8) is 0 Å². The zero-order valence-corrected chi connectivity index (χ0v) is 17.0. The van der Waals surface area contributed by atoms with E-state index < -0.39 is 0 Å². The number of nitrogens with one attached hydrogen (secondary N) is 1. The van der Waals surface area contributed by atoms with E-state index in [0.717, 1.165) is 38.5 Å². The summed E-state index contributed by atoms with van der Waals surface area (Å²) in [7, 11) is 0. The minimum atomic E-state index is 0.0416. The topological polar surface area (TPSA) is 74.0 Å². The predicted molar refractivity (Wildman–Crippen MR) is 113 cm³/mol. The van der Waals surface area contributed by atoms with Crippen molar-refractivity contribution in [2.45, 2.75) is 46.1 Å². The molecule has 1 unspecified atom stereocenters. The van der Waals surface area contributed by atoms with E-state index in [2.05, 4.69) is 48.1 Å². The van der Waals surface area contributed by atoms with Crippen molar-refractivity contribution in [3.05, 3.63) is 30.3 Å². The van der Waals surface area contributed by atoms with Crippen LogP contribution in [0.15, 0.2) is 35.3 Å². The first-order chi connectivity index (χ1) is 13.0. The third-order valence-corrected chi connectivity index (χ3v) is 4.95. The molecule has 3 N–H and O–H groups in total. The number of hydrogen-bond acceptors (Lipinski definition) is 3. The van der Waals surface area contributed by atoms with Crippen LogP contribution in [0, 0.1) is 5.92 Å². The second-order valence-electron chi connectivity index (χ2n) is 7.77. The van der Waals surface area contributed by atoms with Gasteiger partial charge in [0.2, 0.25) is 5.91 Å². The van der Waals surface area contributed by atoms with Crippen LogP contribution in [-0.2, 0) is 4.79 Å². The van der Waals surface area contributed by atoms with E-state index in [1.54, 1.807) is 0 Å². The number of carbonyl (C=O) groups is 1. The number of rotatable bonds is 8. The summed E-state index contributed by atoms with van der Waals surface area (Å²) in [4.78, 5) is 20.8. The molecule has 6 nitrogen and oxygen atoms in total. The summed E-state index contributed by atoms with van der Waals surface area (Å²) in [5.41, 5.74) is 7.15. The third-order valence-electron chi connectivity index (χ3n) is 4.95. The molecule has 27 heavy (non-hydrogen) atoms. The van der Waals surface area contributed by atoms with Gasteiger partial charge in [0, 0.05) is 37.9 Å². The van der Waals surface area contributed by atoms with E-state index in [9.17, 15) is 4.79 Å². The number of carbonyl (C=O) groups excluding carboxylic acids is 1. The quantitative estimate of drug-likeness (QED) is 0.542. The molecule has 0 radical (unpaired) electrons. The molecule has 1 aromatic rings. The van der Waals surface area contributed by atoms with Gasteiger partial charge in [-0.15, -0.1) is 0 Å². The van der Waals surface area contributed by atoms with Gasteiger partial charge in [0.15, 0.2) is 5.96 Å². The van der Waals surface area contributed by atoms with E-state index in [-0.39, 0.29) is 18.5 Å². The highest BCUT2D eigenvalue weighted by Crippen LogP contribution is 2.15. The maximum absolute atomic E-state index is 12.4. The number of hydrogen-bond donors (Lipinski definition) is 2. The highest BCUT2D eigenvalue weighted by atomic mass is 16.2. The molecule has 1 amide bonds. The number of guanidine groups is 1. The number of nitrogens with zero attached hydrogens (tertiary/aromatic N) is 3. The molecule has 1 aliphatic rings. The Hall–Kier alpha value is -2.24. The van der Waals surface area contributed by atoms with E-state index >= 15 is 0 Å². The van der Waals surface area contributed by atoms with Gasteiger partial charge in [0.25, 0.3) is 0 Å². The average molecular weight is 374 g/mol. The molecule has 1 fully saturated rings. The largest absolute Gasteiger partial charge is 0.370 e. The smallest absolute Gasteiger partial charge is 0.244 e. The van der Waals surface area contributed by atoms with Crippen molar-refractivity contribution in [1.29, 1.82) is 0 Å². The van der Waals surface area contributed by atoms with Gasteiger partial charge in [-0.1, -0.05) is 44.9 Å². The number of benzene rings is 1. The van der Waals surface area contributed by atoms with Crippen LogP contribution >= 0.6 is 0 Å². The van der Waals surface area contributed by atoms with Crippen LogP contribution in [0.25, 0.3) is 0 Å². The van der Waals surface area contributed by atoms with Crippen molar-refractivity contribution in [2.24, 2.45) is 16.6 Å². The fourth-order valence-electron chi connectivity index (χ4n) is 3.31. The highest BCUT2D eigenvalue weighted by molar-refractivity contribution is 5.84. The summed E-state index contributed by atoms with van der Waals surface area (Å²) in [6.07, 6.45) is 3.45. The number of aliphatic imine (C=N–C) groups is 1. The molecule has 1 heterocycles. The lowest BCUT2D eigenvalue weighted by molar-refractivity contribution is -0.129. The second-order valence-corrected chi connectivity index (χ2v) is 7.77. The number of amides is 1. The lowest BCUT2D eigenvalue weighted by Crippen LogP contribution is -2.49. The molecule has 0 aliphatic carbocycles. The summed E-state index contributed by atoms with van der Waals surface area (Å²) in [5.74, 6) is 1.13. The fraction of sp³-hybridized carbons (Fsp3) is 0.619. The van der Waals surface area contributed by atoms with Crippen LogP contribution < -0.4 is 16.0 Å². The van der Waals surface area contributed by atoms with Gasteiger partial charge in [0.1, 0.15) is 6.54 Å². The summed E-state index contributed by atoms with van der Waals surface area (Å²) in [5, 5.41) is 3.19. The summed E-state index contributed by atoms with van der Waals surface area (Å²) < 4.78 is 0. The minimum absolute atomic E-state index is 0.0416. The molecular formula is C21H35N5O. The minimum Gasteiger partial charge on any atom is -0.370 e. The van der Waals surface area contributed by atoms with Gasteiger partial charge in [-0.05, 0) is 31.4 Å². The number of piperazine rings is 1. The van der Waals surface area contributed by atoms with Gasteiger partial charge in [-0.25, -0.2) is 4.99 Å². The second kappa shape index (κ2) is 10.8. The number of anilines is 1. The standard InChI is InChI=1S/C21H35N5O/c1-17(2)8-7-9-18(3)24-21(22)23-16-20(27)26-14-12-25(13-15-26)19-10-5-4-6-11-19/h4-6,10-11,17-18H,7-9,12-16H2,1-3H3,(H3,22,23,24). The van der Waals surface area contributed by atoms with Crippen LogP contribution in [0.4, 0.5) is 5.69 Å². The van der Waals surface area contributed by atoms with Crippen molar-refractivity contribution < 1.29 is 4.79 Å². The normalized spacial score (nSPS) is 16.5. The van der Waals surface area contributed by atoms with Crippen LogP contribution in [0.5, 0.6) is 0 Å². The van der Waals surface area contributed by atoms with Crippen LogP contribution in [0.2, 0.25) is 0 Å². The molecule has 1 atom stereocenters. The van der Waals surface area contributed by atoms with Crippen LogP contribution in [-0.4, -0.2) is 55.5 Å². The molecule has 1 aliphatic heterocycles. The van der Waals surface area contributed by atoms with E-state index in [4.69, 9.17) is 5.73 Å². The Bertz CT molecular complexity index is 594. The highest BCUT2D eigenvalue weighted by Gasteiger charge is 2.20. The first-order valence-electron chi connectivity index (χ1n) is 10.1. The number of nitrogens with two attached hydrogens (primary N) is 1. The maximum Gasteiger partial charge on any atom is 0.244 e. The van der Waals surface area contributed by atoms with E-state index in [1.807, 2.05) is 23.1 Å². The van der Waals surface area contributed by atoms with Crippen molar-refractivity contribution in [2.75, 3.05) is 37.6 Å². The molecule has 0 saturated carbocycles. The van der Waals surface area contributed by atoms with Gasteiger partial charge >= 0.3 is 0 Å². The van der Waals surface area contributed by atoms with E-state index in [1.165, 1.54) is 18.5 Å². The molecule has 0 spiro atoms. The molecular weight excluding hydrogens is 338 g/mol. The van der Waals surface area contributed by atoms with Gasteiger partial charge in [-0.3, -0.25) is 4.79 Å². The van der Waals surface area contributed by atoms with Crippen LogP contribution in [0.3, 0.4) is 0 Å². The molecule has 6 heteroatoms. The van der Waals surface area contributed by atoms with Crippen LogP contribution in [0.1, 0.15) is 40.0 Å². The van der Waals surface area contributed by atoms with E-state index in [0.29, 0.717) is 5.96 Å². The molecule has 150 valence electrons. The predicted octanol–water partition coefficient (Wildman–Crippen LogP) is 2.45. The zero-order chi connectivity index (χ0) is 19.6. The Morgan fingerprint density at radius 1 is 1.11 bits per heavy atom. The molecule has 2 rings (SSSR count).